The molecule has 0 saturated carbocycles. The molecule has 0 fully saturated rings. The topological polar surface area (TPSA) is 187 Å². The number of hydrogen-bond acceptors (Lipinski definition) is 17. The monoisotopic (exact) mass is 716 g/mol. The van der Waals surface area contributed by atoms with E-state index in [1.54, 1.807) is 7.11 Å². The summed E-state index contributed by atoms with van der Waals surface area (Å²) >= 11 is 0. The molecule has 1 aliphatic heterocycles. The van der Waals surface area contributed by atoms with E-state index >= 15 is 0 Å². The molecule has 17 heteroatoms. The van der Waals surface area contributed by atoms with Gasteiger partial charge in [0.2, 0.25) is 0 Å². The predicted octanol–water partition coefficient (Wildman–Crippen LogP) is -1.38. The number of rotatable bonds is 40. The van der Waals surface area contributed by atoms with Crippen LogP contribution in [0.25, 0.3) is 0 Å². The largest absolute Gasteiger partial charge is 0.382 e. The fourth-order valence-corrected chi connectivity index (χ4v) is 3.96. The van der Waals surface area contributed by atoms with E-state index in [9.17, 15) is 15.3 Å². The van der Waals surface area contributed by atoms with Crippen LogP contribution < -0.4 is 5.32 Å². The molecule has 1 rings (SSSR count). The highest BCUT2D eigenvalue weighted by molar-refractivity contribution is 5.01. The van der Waals surface area contributed by atoms with E-state index in [0.717, 1.165) is 0 Å². The van der Waals surface area contributed by atoms with Crippen molar-refractivity contribution in [2.24, 2.45) is 0 Å². The minimum Gasteiger partial charge on any atom is -0.382 e. The zero-order valence-electron chi connectivity index (χ0n) is 29.5. The molecule has 1 aliphatic rings. The molecule has 0 bridgehead atoms. The standard InChI is InChI=1S/C32H64N2O15/c1-38-8-9-40-12-13-42-16-17-44-20-21-46-24-25-48-28-29-49-27-26-47-23-22-45-19-18-43-15-14-41-11-10-39-7-5-33-30(35)4-6-34-31(36)2-3-32(34)37/h2-3,30-33,35-37H,4-29H2,1H3/t30?,31-,32?/m1/s1. The number of aliphatic hydroxyl groups is 3. The van der Waals surface area contributed by atoms with Crippen LogP contribution >= 0.6 is 0 Å². The quantitative estimate of drug-likeness (QED) is 0.0330. The number of methoxy groups -OCH3 is 1. The normalized spacial score (nSPS) is 17.1. The predicted molar refractivity (Wildman–Crippen MR) is 177 cm³/mol. The smallest absolute Gasteiger partial charge is 0.128 e. The van der Waals surface area contributed by atoms with E-state index in [4.69, 9.17) is 56.8 Å². The Morgan fingerprint density at radius 3 is 1.02 bits per heavy atom. The Bertz CT molecular complexity index is 689. The van der Waals surface area contributed by atoms with Crippen molar-refractivity contribution in [2.45, 2.75) is 25.1 Å². The first-order valence-electron chi connectivity index (χ1n) is 17.2. The maximum atomic E-state index is 9.96. The molecule has 0 aliphatic carbocycles. The van der Waals surface area contributed by atoms with Gasteiger partial charge >= 0.3 is 0 Å². The molecule has 0 spiro atoms. The van der Waals surface area contributed by atoms with Gasteiger partial charge in [-0.3, -0.25) is 5.32 Å². The molecule has 292 valence electrons. The van der Waals surface area contributed by atoms with Crippen LogP contribution in [0.15, 0.2) is 12.2 Å². The molecule has 17 nitrogen and oxygen atoms in total. The number of aliphatic hydroxyl groups excluding tert-OH is 3. The van der Waals surface area contributed by atoms with Gasteiger partial charge in [0.05, 0.1) is 152 Å². The average Bonchev–Trinajstić information content (AvgIpc) is 3.43. The summed E-state index contributed by atoms with van der Waals surface area (Å²) in [6.45, 7) is 12.3. The van der Waals surface area contributed by atoms with E-state index in [0.29, 0.717) is 171 Å². The highest BCUT2D eigenvalue weighted by Gasteiger charge is 2.25. The van der Waals surface area contributed by atoms with E-state index in [2.05, 4.69) is 5.32 Å². The summed E-state index contributed by atoms with van der Waals surface area (Å²) in [4.78, 5) is 1.48. The van der Waals surface area contributed by atoms with Gasteiger partial charge in [0.15, 0.2) is 0 Å². The van der Waals surface area contributed by atoms with Gasteiger partial charge in [-0.25, -0.2) is 4.90 Å². The highest BCUT2D eigenvalue weighted by atomic mass is 16.6. The highest BCUT2D eigenvalue weighted by Crippen LogP contribution is 2.13. The van der Waals surface area contributed by atoms with Gasteiger partial charge in [0, 0.05) is 20.2 Å². The number of ether oxygens (including phenoxy) is 12. The van der Waals surface area contributed by atoms with Crippen molar-refractivity contribution >= 4 is 0 Å². The summed E-state index contributed by atoms with van der Waals surface area (Å²) in [7, 11) is 1.64. The number of hydrogen-bond donors (Lipinski definition) is 4. The van der Waals surface area contributed by atoms with Crippen LogP contribution in [-0.4, -0.2) is 211 Å². The van der Waals surface area contributed by atoms with Crippen LogP contribution in [0.5, 0.6) is 0 Å². The SMILES string of the molecule is COCCOCCOCCOCCOCCOCCOCCOCCOCCOCCOCCOCCNC(O)CCN1C(O)C=C[C@H]1O. The Labute approximate surface area is 291 Å². The zero-order chi connectivity index (χ0) is 35.3. The van der Waals surface area contributed by atoms with Gasteiger partial charge in [0.1, 0.15) is 18.7 Å². The lowest BCUT2D eigenvalue weighted by molar-refractivity contribution is -0.0475. The van der Waals surface area contributed by atoms with Crippen molar-refractivity contribution in [3.63, 3.8) is 0 Å². The Morgan fingerprint density at radius 1 is 0.469 bits per heavy atom. The van der Waals surface area contributed by atoms with E-state index in [1.165, 1.54) is 17.1 Å². The molecule has 3 atom stereocenters. The van der Waals surface area contributed by atoms with Crippen LogP contribution in [0.3, 0.4) is 0 Å². The van der Waals surface area contributed by atoms with Gasteiger partial charge in [-0.2, -0.15) is 0 Å². The molecular weight excluding hydrogens is 652 g/mol. The minimum absolute atomic E-state index is 0.359. The molecule has 1 heterocycles. The maximum Gasteiger partial charge on any atom is 0.128 e. The van der Waals surface area contributed by atoms with Crippen molar-refractivity contribution in [1.29, 1.82) is 0 Å². The van der Waals surface area contributed by atoms with Crippen LogP contribution in [0.4, 0.5) is 0 Å². The van der Waals surface area contributed by atoms with E-state index in [1.807, 2.05) is 0 Å². The minimum atomic E-state index is -0.818. The van der Waals surface area contributed by atoms with Gasteiger partial charge in [-0.1, -0.05) is 0 Å². The number of nitrogens with zero attached hydrogens (tertiary/aromatic N) is 1. The van der Waals surface area contributed by atoms with Crippen molar-refractivity contribution in [2.75, 3.05) is 172 Å². The van der Waals surface area contributed by atoms with Crippen LogP contribution in [0.2, 0.25) is 0 Å². The Kier molecular flexibility index (Phi) is 34.6. The van der Waals surface area contributed by atoms with Gasteiger partial charge < -0.3 is 72.2 Å². The molecule has 0 aromatic heterocycles. The Morgan fingerprint density at radius 2 is 0.735 bits per heavy atom. The lowest BCUT2D eigenvalue weighted by Crippen LogP contribution is -2.41. The van der Waals surface area contributed by atoms with Crippen molar-refractivity contribution in [1.82, 2.24) is 10.2 Å². The summed E-state index contributed by atoms with van der Waals surface area (Å²) < 4.78 is 64.8. The molecule has 0 aromatic carbocycles. The molecule has 4 N–H and O–H groups in total. The molecule has 0 saturated heterocycles. The van der Waals surface area contributed by atoms with Gasteiger partial charge in [-0.15, -0.1) is 0 Å². The molecule has 0 radical (unpaired) electrons. The third-order valence-electron chi connectivity index (χ3n) is 6.57. The average molecular weight is 717 g/mol. The van der Waals surface area contributed by atoms with E-state index < -0.39 is 18.7 Å². The molecule has 0 amide bonds. The summed E-state index contributed by atoms with van der Waals surface area (Å²) in [5, 5.41) is 32.3. The lowest BCUT2D eigenvalue weighted by atomic mass is 10.3. The third kappa shape index (κ3) is 31.5. The molecule has 2 unspecified atom stereocenters. The number of nitrogens with one attached hydrogen (secondary N) is 1. The first kappa shape index (κ1) is 46.1. The van der Waals surface area contributed by atoms with Crippen molar-refractivity contribution < 1.29 is 72.2 Å². The fourth-order valence-electron chi connectivity index (χ4n) is 3.96. The Hall–Kier alpha value is -0.940. The lowest BCUT2D eigenvalue weighted by Gasteiger charge is -2.25. The second-order valence-electron chi connectivity index (χ2n) is 10.4. The summed E-state index contributed by atoms with van der Waals surface area (Å²) in [6.07, 6.45) is 1.02. The summed E-state index contributed by atoms with van der Waals surface area (Å²) in [6, 6.07) is 0. The van der Waals surface area contributed by atoms with E-state index in [-0.39, 0.29) is 0 Å². The van der Waals surface area contributed by atoms with Crippen LogP contribution in [0.1, 0.15) is 6.42 Å². The third-order valence-corrected chi connectivity index (χ3v) is 6.57. The summed E-state index contributed by atoms with van der Waals surface area (Å²) in [5.74, 6) is 0. The van der Waals surface area contributed by atoms with Crippen LogP contribution in [-0.2, 0) is 56.8 Å². The first-order chi connectivity index (χ1) is 24.1. The fraction of sp³-hybridized carbons (Fsp3) is 0.938. The second-order valence-corrected chi connectivity index (χ2v) is 10.4. The Balaban J connectivity index is 1.64. The second kappa shape index (κ2) is 36.8. The van der Waals surface area contributed by atoms with Crippen molar-refractivity contribution in [3.05, 3.63) is 12.2 Å². The summed E-state index contributed by atoms with van der Waals surface area (Å²) in [5.41, 5.74) is 0. The molecule has 0 aromatic rings. The van der Waals surface area contributed by atoms with Gasteiger partial charge in [-0.05, 0) is 18.6 Å². The first-order valence-corrected chi connectivity index (χ1v) is 17.2. The van der Waals surface area contributed by atoms with Gasteiger partial charge in [0.25, 0.3) is 0 Å². The molecular formula is C32H64N2O15. The zero-order valence-corrected chi connectivity index (χ0v) is 29.5. The van der Waals surface area contributed by atoms with Crippen LogP contribution in [0, 0.1) is 0 Å². The van der Waals surface area contributed by atoms with Crippen molar-refractivity contribution in [3.8, 4) is 0 Å². The molecule has 49 heavy (non-hydrogen) atoms. The maximum absolute atomic E-state index is 9.96.